The molecule has 20 heavy (non-hydrogen) atoms. The molecule has 0 unspecified atom stereocenters. The van der Waals surface area contributed by atoms with E-state index in [-0.39, 0.29) is 5.41 Å². The summed E-state index contributed by atoms with van der Waals surface area (Å²) >= 11 is 1.77. The van der Waals surface area contributed by atoms with Crippen LogP contribution in [0.25, 0.3) is 0 Å². The van der Waals surface area contributed by atoms with E-state index in [0.29, 0.717) is 0 Å². The van der Waals surface area contributed by atoms with Crippen molar-refractivity contribution in [3.8, 4) is 0 Å². The van der Waals surface area contributed by atoms with Gasteiger partial charge in [0.2, 0.25) is 0 Å². The maximum Gasteiger partial charge on any atom is 0.0972 e. The molecule has 0 saturated heterocycles. The molecule has 1 heterocycles. The first-order chi connectivity index (χ1) is 9.49. The Morgan fingerprint density at radius 3 is 2.30 bits per heavy atom. The summed E-state index contributed by atoms with van der Waals surface area (Å²) in [5.74, 6) is 0. The summed E-state index contributed by atoms with van der Waals surface area (Å²) < 4.78 is 0. The first-order valence-corrected chi connectivity index (χ1v) is 8.10. The van der Waals surface area contributed by atoms with Crippen LogP contribution in [0, 0.1) is 0 Å². The number of nitrogens with zero attached hydrogens (tertiary/aromatic N) is 1. The fraction of sp³-hybridized carbons (Fsp3) is 0.471. The van der Waals surface area contributed by atoms with Crippen molar-refractivity contribution in [1.82, 2.24) is 10.3 Å². The van der Waals surface area contributed by atoms with Gasteiger partial charge in [0.25, 0.3) is 0 Å². The van der Waals surface area contributed by atoms with Crippen LogP contribution in [0.15, 0.2) is 29.6 Å². The van der Waals surface area contributed by atoms with E-state index in [0.717, 1.165) is 19.5 Å². The molecular weight excluding hydrogens is 264 g/mol. The molecule has 0 amide bonds. The monoisotopic (exact) mass is 288 g/mol. The minimum absolute atomic E-state index is 0.143. The highest BCUT2D eigenvalue weighted by Crippen LogP contribution is 2.25. The molecule has 0 spiro atoms. The van der Waals surface area contributed by atoms with E-state index in [1.807, 2.05) is 0 Å². The topological polar surface area (TPSA) is 24.9 Å². The Morgan fingerprint density at radius 2 is 1.75 bits per heavy atom. The first kappa shape index (κ1) is 15.2. The largest absolute Gasteiger partial charge is 0.313 e. The van der Waals surface area contributed by atoms with Gasteiger partial charge in [0.15, 0.2) is 0 Å². The van der Waals surface area contributed by atoms with Gasteiger partial charge in [0, 0.05) is 23.8 Å². The molecule has 0 aliphatic rings. The molecule has 2 nitrogen and oxygen atoms in total. The van der Waals surface area contributed by atoms with Crippen LogP contribution < -0.4 is 5.32 Å². The number of thiazole rings is 1. The van der Waals surface area contributed by atoms with E-state index in [2.05, 4.69) is 62.7 Å². The van der Waals surface area contributed by atoms with Crippen LogP contribution in [-0.2, 0) is 18.4 Å². The van der Waals surface area contributed by atoms with Crippen molar-refractivity contribution in [2.75, 3.05) is 6.54 Å². The van der Waals surface area contributed by atoms with E-state index < -0.39 is 0 Å². The lowest BCUT2D eigenvalue weighted by Gasteiger charge is -2.14. The second-order valence-corrected chi connectivity index (χ2v) is 7.09. The average Bonchev–Trinajstić information content (AvgIpc) is 2.86. The number of aromatic nitrogens is 1. The molecule has 0 aliphatic heterocycles. The van der Waals surface area contributed by atoms with E-state index in [1.165, 1.54) is 21.8 Å². The minimum atomic E-state index is 0.143. The molecule has 0 fully saturated rings. The third kappa shape index (κ3) is 4.15. The summed E-state index contributed by atoms with van der Waals surface area (Å²) in [4.78, 5) is 4.75. The van der Waals surface area contributed by atoms with E-state index in [9.17, 15) is 0 Å². The Kier molecular flexibility index (Phi) is 4.95. The highest BCUT2D eigenvalue weighted by molar-refractivity contribution is 7.09. The van der Waals surface area contributed by atoms with Crippen molar-refractivity contribution in [3.63, 3.8) is 0 Å². The van der Waals surface area contributed by atoms with Crippen molar-refractivity contribution in [1.29, 1.82) is 0 Å². The molecule has 108 valence electrons. The Balaban J connectivity index is 2.01. The lowest BCUT2D eigenvalue weighted by Crippen LogP contribution is -2.11. The molecule has 0 aliphatic carbocycles. The van der Waals surface area contributed by atoms with Gasteiger partial charge < -0.3 is 5.32 Å². The van der Waals surface area contributed by atoms with Gasteiger partial charge in [-0.25, -0.2) is 4.98 Å². The van der Waals surface area contributed by atoms with Crippen LogP contribution in [0.2, 0.25) is 0 Å². The number of benzene rings is 1. The highest BCUT2D eigenvalue weighted by Gasteiger charge is 2.17. The molecule has 1 aromatic heterocycles. The summed E-state index contributed by atoms with van der Waals surface area (Å²) in [5.41, 5.74) is 4.01. The number of hydrogen-bond acceptors (Lipinski definition) is 3. The van der Waals surface area contributed by atoms with Crippen molar-refractivity contribution < 1.29 is 0 Å². The zero-order valence-electron chi connectivity index (χ0n) is 12.9. The maximum atomic E-state index is 4.75. The molecule has 1 N–H and O–H groups in total. The molecule has 2 aromatic rings. The van der Waals surface area contributed by atoms with Crippen LogP contribution in [-0.4, -0.2) is 11.5 Å². The normalized spacial score (nSPS) is 11.8. The summed E-state index contributed by atoms with van der Waals surface area (Å²) in [6.45, 7) is 10.7. The fourth-order valence-electron chi connectivity index (χ4n) is 1.96. The predicted molar refractivity (Wildman–Crippen MR) is 87.4 cm³/mol. The second kappa shape index (κ2) is 6.51. The standard InChI is InChI=1S/C17H24N2S/c1-5-18-11-14-8-6-13(7-9-14)10-16-19-15(12-20-16)17(2,3)4/h6-9,12,18H,5,10-11H2,1-4H3. The van der Waals surface area contributed by atoms with E-state index >= 15 is 0 Å². The Bertz CT molecular complexity index is 535. The molecule has 0 atom stereocenters. The van der Waals surface area contributed by atoms with Crippen LogP contribution in [0.5, 0.6) is 0 Å². The fourth-order valence-corrected chi connectivity index (χ4v) is 3.01. The van der Waals surface area contributed by atoms with E-state index in [4.69, 9.17) is 4.98 Å². The second-order valence-electron chi connectivity index (χ2n) is 6.15. The lowest BCUT2D eigenvalue weighted by atomic mass is 9.93. The van der Waals surface area contributed by atoms with Crippen molar-refractivity contribution in [3.05, 3.63) is 51.5 Å². The molecule has 0 bridgehead atoms. The zero-order chi connectivity index (χ0) is 14.6. The van der Waals surface area contributed by atoms with Gasteiger partial charge in [0.1, 0.15) is 0 Å². The lowest BCUT2D eigenvalue weighted by molar-refractivity contribution is 0.571. The summed E-state index contributed by atoms with van der Waals surface area (Å²) in [5, 5.41) is 6.74. The molecule has 2 rings (SSSR count). The summed E-state index contributed by atoms with van der Waals surface area (Å²) in [6.07, 6.45) is 0.933. The van der Waals surface area contributed by atoms with Crippen LogP contribution >= 0.6 is 11.3 Å². The predicted octanol–water partition coefficient (Wildman–Crippen LogP) is 4.14. The van der Waals surface area contributed by atoms with Crippen molar-refractivity contribution in [2.45, 2.75) is 46.1 Å². The minimum Gasteiger partial charge on any atom is -0.313 e. The summed E-state index contributed by atoms with van der Waals surface area (Å²) in [6, 6.07) is 8.84. The summed E-state index contributed by atoms with van der Waals surface area (Å²) in [7, 11) is 0. The highest BCUT2D eigenvalue weighted by atomic mass is 32.1. The van der Waals surface area contributed by atoms with Crippen LogP contribution in [0.4, 0.5) is 0 Å². The third-order valence-corrected chi connectivity index (χ3v) is 4.13. The number of rotatable bonds is 5. The Hall–Kier alpha value is -1.19. The van der Waals surface area contributed by atoms with Gasteiger partial charge in [-0.15, -0.1) is 11.3 Å². The van der Waals surface area contributed by atoms with Gasteiger partial charge in [-0.3, -0.25) is 0 Å². The maximum absolute atomic E-state index is 4.75. The van der Waals surface area contributed by atoms with Crippen LogP contribution in [0.1, 0.15) is 49.5 Å². The Morgan fingerprint density at radius 1 is 1.10 bits per heavy atom. The number of hydrogen-bond donors (Lipinski definition) is 1. The van der Waals surface area contributed by atoms with Gasteiger partial charge >= 0.3 is 0 Å². The van der Waals surface area contributed by atoms with Crippen molar-refractivity contribution >= 4 is 11.3 Å². The average molecular weight is 288 g/mol. The van der Waals surface area contributed by atoms with Crippen LogP contribution in [0.3, 0.4) is 0 Å². The Labute approximate surface area is 126 Å². The molecule has 1 aromatic carbocycles. The van der Waals surface area contributed by atoms with Crippen molar-refractivity contribution in [2.24, 2.45) is 0 Å². The van der Waals surface area contributed by atoms with Gasteiger partial charge in [0.05, 0.1) is 10.7 Å². The first-order valence-electron chi connectivity index (χ1n) is 7.22. The zero-order valence-corrected chi connectivity index (χ0v) is 13.7. The molecule has 0 radical (unpaired) electrons. The molecule has 3 heteroatoms. The van der Waals surface area contributed by atoms with Gasteiger partial charge in [-0.2, -0.15) is 0 Å². The quantitative estimate of drug-likeness (QED) is 0.894. The SMILES string of the molecule is CCNCc1ccc(Cc2nc(C(C)(C)C)cs2)cc1. The smallest absolute Gasteiger partial charge is 0.0972 e. The molecule has 0 saturated carbocycles. The molecular formula is C17H24N2S. The third-order valence-electron chi connectivity index (χ3n) is 3.28. The van der Waals surface area contributed by atoms with E-state index in [1.54, 1.807) is 11.3 Å². The van der Waals surface area contributed by atoms with Gasteiger partial charge in [-0.1, -0.05) is 52.0 Å². The number of nitrogens with one attached hydrogen (secondary N) is 1. The van der Waals surface area contributed by atoms with Gasteiger partial charge in [-0.05, 0) is 17.7 Å².